The number of ether oxygens (including phenoxy) is 1. The monoisotopic (exact) mass is 436 g/mol. The standard InChI is InChI=1S/C25H32N4O3/c1-17(2)15-25(3,24(26)31)27-16-23(30)29-22(19-10-12-20(32-4)13-11-19)14-21(28-29)18-8-6-5-7-9-18/h5-13,17,22,27H,14-16H2,1-4H3,(H2,26,31). The molecule has 0 saturated carbocycles. The van der Waals surface area contributed by atoms with Gasteiger partial charge in [-0.05, 0) is 42.5 Å². The molecule has 1 aliphatic heterocycles. The number of amides is 2. The first kappa shape index (κ1) is 23.5. The van der Waals surface area contributed by atoms with Crippen molar-refractivity contribution in [2.24, 2.45) is 16.8 Å². The fourth-order valence-electron chi connectivity index (χ4n) is 4.06. The molecule has 1 heterocycles. The second kappa shape index (κ2) is 9.96. The van der Waals surface area contributed by atoms with Crippen LogP contribution in [0, 0.1) is 5.92 Å². The van der Waals surface area contributed by atoms with Gasteiger partial charge in [-0.3, -0.25) is 14.9 Å². The molecule has 7 nitrogen and oxygen atoms in total. The predicted molar refractivity (Wildman–Crippen MR) is 125 cm³/mol. The predicted octanol–water partition coefficient (Wildman–Crippen LogP) is 3.25. The van der Waals surface area contributed by atoms with Crippen LogP contribution in [0.4, 0.5) is 0 Å². The van der Waals surface area contributed by atoms with Crippen LogP contribution in [0.3, 0.4) is 0 Å². The van der Waals surface area contributed by atoms with Crippen molar-refractivity contribution in [3.63, 3.8) is 0 Å². The third-order valence-corrected chi connectivity index (χ3v) is 5.76. The number of hydrogen-bond acceptors (Lipinski definition) is 5. The highest BCUT2D eigenvalue weighted by molar-refractivity contribution is 6.03. The molecule has 2 atom stereocenters. The van der Waals surface area contributed by atoms with E-state index < -0.39 is 11.4 Å². The first-order valence-electron chi connectivity index (χ1n) is 10.9. The minimum atomic E-state index is -0.967. The normalized spacial score (nSPS) is 17.7. The summed E-state index contributed by atoms with van der Waals surface area (Å²) in [4.78, 5) is 25.3. The minimum absolute atomic E-state index is 0.0373. The third-order valence-electron chi connectivity index (χ3n) is 5.76. The fraction of sp³-hybridized carbons (Fsp3) is 0.400. The number of hydrazone groups is 1. The molecule has 0 aliphatic carbocycles. The fourth-order valence-corrected chi connectivity index (χ4v) is 4.06. The summed E-state index contributed by atoms with van der Waals surface area (Å²) in [7, 11) is 1.62. The van der Waals surface area contributed by atoms with Crippen LogP contribution in [0.1, 0.15) is 50.8 Å². The molecule has 2 aromatic carbocycles. The van der Waals surface area contributed by atoms with Crippen LogP contribution in [0.5, 0.6) is 5.75 Å². The summed E-state index contributed by atoms with van der Waals surface area (Å²) in [5.74, 6) is 0.312. The number of nitrogens with zero attached hydrogens (tertiary/aromatic N) is 2. The van der Waals surface area contributed by atoms with Gasteiger partial charge in [0.15, 0.2) is 0 Å². The molecule has 3 rings (SSSR count). The molecule has 32 heavy (non-hydrogen) atoms. The molecule has 1 aliphatic rings. The molecule has 170 valence electrons. The first-order valence-corrected chi connectivity index (χ1v) is 10.9. The zero-order chi connectivity index (χ0) is 23.3. The van der Waals surface area contributed by atoms with E-state index in [4.69, 9.17) is 10.5 Å². The summed E-state index contributed by atoms with van der Waals surface area (Å²) in [5, 5.41) is 9.29. The van der Waals surface area contributed by atoms with E-state index in [1.165, 1.54) is 5.01 Å². The summed E-state index contributed by atoms with van der Waals surface area (Å²) >= 11 is 0. The van der Waals surface area contributed by atoms with Crippen LogP contribution in [-0.4, -0.2) is 41.7 Å². The maximum absolute atomic E-state index is 13.3. The topological polar surface area (TPSA) is 97.0 Å². The van der Waals surface area contributed by atoms with Gasteiger partial charge >= 0.3 is 0 Å². The number of rotatable bonds is 9. The zero-order valence-corrected chi connectivity index (χ0v) is 19.2. The summed E-state index contributed by atoms with van der Waals surface area (Å²) in [5.41, 5.74) is 7.47. The SMILES string of the molecule is COc1ccc(C2CC(c3ccccc3)=NN2C(=O)CNC(C)(CC(C)C)C(N)=O)cc1. The lowest BCUT2D eigenvalue weighted by atomic mass is 9.90. The molecule has 0 radical (unpaired) electrons. The van der Waals surface area contributed by atoms with Gasteiger partial charge in [-0.25, -0.2) is 5.01 Å². The number of primary amides is 1. The van der Waals surface area contributed by atoms with Crippen molar-refractivity contribution < 1.29 is 14.3 Å². The summed E-state index contributed by atoms with van der Waals surface area (Å²) in [6, 6.07) is 17.3. The lowest BCUT2D eigenvalue weighted by Crippen LogP contribution is -2.56. The Bertz CT molecular complexity index is 972. The maximum Gasteiger partial charge on any atom is 0.257 e. The molecule has 2 unspecified atom stereocenters. The second-order valence-electron chi connectivity index (χ2n) is 8.79. The lowest BCUT2D eigenvalue weighted by molar-refractivity contribution is -0.133. The van der Waals surface area contributed by atoms with Crippen LogP contribution in [0.15, 0.2) is 59.7 Å². The zero-order valence-electron chi connectivity index (χ0n) is 19.2. The van der Waals surface area contributed by atoms with Gasteiger partial charge in [0.25, 0.3) is 5.91 Å². The van der Waals surface area contributed by atoms with E-state index in [1.807, 2.05) is 68.4 Å². The van der Waals surface area contributed by atoms with Crippen molar-refractivity contribution in [3.8, 4) is 5.75 Å². The Morgan fingerprint density at radius 1 is 1.19 bits per heavy atom. The molecule has 0 aromatic heterocycles. The van der Waals surface area contributed by atoms with Crippen molar-refractivity contribution in [3.05, 3.63) is 65.7 Å². The van der Waals surface area contributed by atoms with Crippen molar-refractivity contribution in [1.82, 2.24) is 10.3 Å². The molecule has 0 spiro atoms. The molecule has 3 N–H and O–H groups in total. The molecular formula is C25H32N4O3. The first-order chi connectivity index (χ1) is 15.2. The lowest BCUT2D eigenvalue weighted by Gasteiger charge is -2.30. The number of nitrogens with one attached hydrogen (secondary N) is 1. The van der Waals surface area contributed by atoms with Crippen molar-refractivity contribution in [1.29, 1.82) is 0 Å². The summed E-state index contributed by atoms with van der Waals surface area (Å²) in [6.45, 7) is 5.74. The van der Waals surface area contributed by atoms with Crippen LogP contribution in [0.2, 0.25) is 0 Å². The average molecular weight is 437 g/mol. The molecule has 2 aromatic rings. The smallest absolute Gasteiger partial charge is 0.257 e. The maximum atomic E-state index is 13.3. The van der Waals surface area contributed by atoms with E-state index in [0.29, 0.717) is 12.8 Å². The van der Waals surface area contributed by atoms with Gasteiger partial charge in [-0.1, -0.05) is 56.3 Å². The van der Waals surface area contributed by atoms with Crippen LogP contribution in [0.25, 0.3) is 0 Å². The average Bonchev–Trinajstić information content (AvgIpc) is 3.23. The van der Waals surface area contributed by atoms with E-state index in [1.54, 1.807) is 14.0 Å². The van der Waals surface area contributed by atoms with E-state index in [2.05, 4.69) is 10.4 Å². The van der Waals surface area contributed by atoms with Crippen molar-refractivity contribution >= 4 is 17.5 Å². The summed E-state index contributed by atoms with van der Waals surface area (Å²) < 4.78 is 5.26. The van der Waals surface area contributed by atoms with E-state index >= 15 is 0 Å². The second-order valence-corrected chi connectivity index (χ2v) is 8.79. The quantitative estimate of drug-likeness (QED) is 0.631. The highest BCUT2D eigenvalue weighted by atomic mass is 16.5. The number of carbonyl (C=O) groups is 2. The van der Waals surface area contributed by atoms with Crippen LogP contribution >= 0.6 is 0 Å². The molecule has 7 heteroatoms. The van der Waals surface area contributed by atoms with Crippen molar-refractivity contribution in [2.75, 3.05) is 13.7 Å². The Labute approximate surface area is 189 Å². The molecule has 0 fully saturated rings. The molecule has 0 saturated heterocycles. The van der Waals surface area contributed by atoms with E-state index in [0.717, 1.165) is 22.6 Å². The highest BCUT2D eigenvalue weighted by Gasteiger charge is 2.36. The van der Waals surface area contributed by atoms with Gasteiger partial charge in [0.2, 0.25) is 5.91 Å². The third kappa shape index (κ3) is 5.34. The summed E-state index contributed by atoms with van der Waals surface area (Å²) in [6.07, 6.45) is 1.14. The largest absolute Gasteiger partial charge is 0.497 e. The molecule has 0 bridgehead atoms. The van der Waals surface area contributed by atoms with Gasteiger partial charge in [-0.2, -0.15) is 5.10 Å². The van der Waals surface area contributed by atoms with Gasteiger partial charge in [0.1, 0.15) is 5.75 Å². The Morgan fingerprint density at radius 2 is 1.84 bits per heavy atom. The van der Waals surface area contributed by atoms with Gasteiger partial charge < -0.3 is 10.5 Å². The van der Waals surface area contributed by atoms with Gasteiger partial charge in [0.05, 0.1) is 30.9 Å². The van der Waals surface area contributed by atoms with Gasteiger partial charge in [-0.15, -0.1) is 0 Å². The number of carbonyl (C=O) groups excluding carboxylic acids is 2. The van der Waals surface area contributed by atoms with Gasteiger partial charge in [0, 0.05) is 6.42 Å². The highest BCUT2D eigenvalue weighted by Crippen LogP contribution is 2.33. The number of benzene rings is 2. The Balaban J connectivity index is 1.84. The van der Waals surface area contributed by atoms with Crippen molar-refractivity contribution in [2.45, 2.75) is 45.2 Å². The number of methoxy groups -OCH3 is 1. The van der Waals surface area contributed by atoms with E-state index in [9.17, 15) is 9.59 Å². The van der Waals surface area contributed by atoms with Crippen LogP contribution < -0.4 is 15.8 Å². The molecular weight excluding hydrogens is 404 g/mol. The molecule has 2 amide bonds. The number of nitrogens with two attached hydrogens (primary N) is 1. The Morgan fingerprint density at radius 3 is 2.41 bits per heavy atom. The number of hydrogen-bond donors (Lipinski definition) is 2. The minimum Gasteiger partial charge on any atom is -0.497 e. The van der Waals surface area contributed by atoms with E-state index in [-0.39, 0.29) is 24.4 Å². The Hall–Kier alpha value is -3.19. The van der Waals surface area contributed by atoms with Crippen LogP contribution in [-0.2, 0) is 9.59 Å². The Kier molecular flexibility index (Phi) is 7.30.